The number of thioether (sulfide) groups is 1. The van der Waals surface area contributed by atoms with Crippen LogP contribution in [0.15, 0.2) is 54.6 Å². The predicted molar refractivity (Wildman–Crippen MR) is 75.6 cm³/mol. The van der Waals surface area contributed by atoms with Crippen LogP contribution in [0.2, 0.25) is 0 Å². The molecule has 1 N–H and O–H groups in total. The van der Waals surface area contributed by atoms with Crippen LogP contribution in [-0.2, 0) is 12.2 Å². The van der Waals surface area contributed by atoms with Gasteiger partial charge in [0.05, 0.1) is 5.04 Å². The van der Waals surface area contributed by atoms with Gasteiger partial charge in [0.1, 0.15) is 5.82 Å². The molecule has 0 saturated carbocycles. The molecular weight excluding hydrogens is 245 g/mol. The van der Waals surface area contributed by atoms with E-state index in [9.17, 15) is 4.39 Å². The van der Waals surface area contributed by atoms with Gasteiger partial charge in [-0.3, -0.25) is 5.41 Å². The lowest BCUT2D eigenvalue weighted by atomic mass is 10.2. The van der Waals surface area contributed by atoms with E-state index in [1.54, 1.807) is 12.1 Å². The Morgan fingerprint density at radius 3 is 2.28 bits per heavy atom. The molecule has 2 aromatic rings. The number of benzene rings is 2. The SMILES string of the molecule is N=C(Cc1ccc(F)cc1)SCc1ccccc1. The molecule has 0 fully saturated rings. The van der Waals surface area contributed by atoms with Crippen molar-refractivity contribution in [3.05, 3.63) is 71.5 Å². The Hall–Kier alpha value is -1.61. The van der Waals surface area contributed by atoms with Gasteiger partial charge in [-0.1, -0.05) is 42.5 Å². The van der Waals surface area contributed by atoms with Gasteiger partial charge in [-0.15, -0.1) is 11.8 Å². The summed E-state index contributed by atoms with van der Waals surface area (Å²) in [7, 11) is 0. The molecule has 2 rings (SSSR count). The smallest absolute Gasteiger partial charge is 0.123 e. The molecule has 0 saturated heterocycles. The Kier molecular flexibility index (Phi) is 4.53. The minimum atomic E-state index is -0.234. The molecule has 0 radical (unpaired) electrons. The summed E-state index contributed by atoms with van der Waals surface area (Å²) < 4.78 is 12.7. The normalized spacial score (nSPS) is 10.3. The van der Waals surface area contributed by atoms with Crippen molar-refractivity contribution in [2.75, 3.05) is 0 Å². The second kappa shape index (κ2) is 6.36. The lowest BCUT2D eigenvalue weighted by molar-refractivity contribution is 0.627. The second-order valence-electron chi connectivity index (χ2n) is 4.00. The molecule has 92 valence electrons. The zero-order chi connectivity index (χ0) is 12.8. The van der Waals surface area contributed by atoms with Crippen molar-refractivity contribution in [3.8, 4) is 0 Å². The van der Waals surface area contributed by atoms with Gasteiger partial charge < -0.3 is 0 Å². The predicted octanol–water partition coefficient (Wildman–Crippen LogP) is 4.28. The minimum absolute atomic E-state index is 0.234. The molecule has 0 aliphatic heterocycles. The van der Waals surface area contributed by atoms with Gasteiger partial charge in [-0.2, -0.15) is 0 Å². The minimum Gasteiger partial charge on any atom is -0.298 e. The molecule has 0 aromatic heterocycles. The summed E-state index contributed by atoms with van der Waals surface area (Å²) in [4.78, 5) is 0. The van der Waals surface area contributed by atoms with Gasteiger partial charge in [0, 0.05) is 12.2 Å². The highest BCUT2D eigenvalue weighted by molar-refractivity contribution is 8.13. The third kappa shape index (κ3) is 4.00. The van der Waals surface area contributed by atoms with E-state index in [1.807, 2.05) is 18.2 Å². The van der Waals surface area contributed by atoms with Crippen LogP contribution in [0.4, 0.5) is 4.39 Å². The fraction of sp³-hybridized carbons (Fsp3) is 0.133. The third-order valence-electron chi connectivity index (χ3n) is 2.53. The van der Waals surface area contributed by atoms with Crippen molar-refractivity contribution in [1.82, 2.24) is 0 Å². The van der Waals surface area contributed by atoms with Crippen LogP contribution >= 0.6 is 11.8 Å². The molecule has 1 nitrogen and oxygen atoms in total. The molecule has 0 heterocycles. The average Bonchev–Trinajstić information content (AvgIpc) is 2.40. The maximum Gasteiger partial charge on any atom is 0.123 e. The molecular formula is C15H14FNS. The van der Waals surface area contributed by atoms with E-state index >= 15 is 0 Å². The molecule has 2 aromatic carbocycles. The van der Waals surface area contributed by atoms with Gasteiger partial charge in [0.25, 0.3) is 0 Å². The summed E-state index contributed by atoms with van der Waals surface area (Å²) in [6.45, 7) is 0. The van der Waals surface area contributed by atoms with Crippen LogP contribution in [0, 0.1) is 11.2 Å². The largest absolute Gasteiger partial charge is 0.298 e. The third-order valence-corrected chi connectivity index (χ3v) is 3.50. The van der Waals surface area contributed by atoms with Gasteiger partial charge in [0.15, 0.2) is 0 Å². The van der Waals surface area contributed by atoms with Crippen LogP contribution < -0.4 is 0 Å². The summed E-state index contributed by atoms with van der Waals surface area (Å²) in [6, 6.07) is 16.4. The van der Waals surface area contributed by atoms with E-state index in [-0.39, 0.29) is 5.82 Å². The van der Waals surface area contributed by atoms with Crippen molar-refractivity contribution in [1.29, 1.82) is 5.41 Å². The molecule has 0 atom stereocenters. The molecule has 18 heavy (non-hydrogen) atoms. The summed E-state index contributed by atoms with van der Waals surface area (Å²) in [5, 5.41) is 8.50. The van der Waals surface area contributed by atoms with Crippen molar-refractivity contribution >= 4 is 16.8 Å². The number of rotatable bonds is 4. The average molecular weight is 259 g/mol. The van der Waals surface area contributed by atoms with Crippen LogP contribution in [0.25, 0.3) is 0 Å². The maximum absolute atomic E-state index is 12.7. The van der Waals surface area contributed by atoms with Crippen LogP contribution in [0.3, 0.4) is 0 Å². The number of hydrogen-bond acceptors (Lipinski definition) is 2. The van der Waals surface area contributed by atoms with Gasteiger partial charge >= 0.3 is 0 Å². The molecule has 0 aliphatic rings. The van der Waals surface area contributed by atoms with Crippen LogP contribution in [0.1, 0.15) is 11.1 Å². The molecule has 0 amide bonds. The fourth-order valence-corrected chi connectivity index (χ4v) is 2.39. The number of halogens is 1. The monoisotopic (exact) mass is 259 g/mol. The Balaban J connectivity index is 1.84. The summed E-state index contributed by atoms with van der Waals surface area (Å²) in [6.07, 6.45) is 0.567. The van der Waals surface area contributed by atoms with Crippen molar-refractivity contribution in [3.63, 3.8) is 0 Å². The molecule has 0 bridgehead atoms. The quantitative estimate of drug-likeness (QED) is 0.643. The zero-order valence-electron chi connectivity index (χ0n) is 9.90. The Morgan fingerprint density at radius 2 is 1.61 bits per heavy atom. The standard InChI is InChI=1S/C15H14FNS/c16-14-8-6-12(7-9-14)10-15(17)18-11-13-4-2-1-3-5-13/h1-9,17H,10-11H2. The zero-order valence-corrected chi connectivity index (χ0v) is 10.7. The second-order valence-corrected chi connectivity index (χ2v) is 5.07. The van der Waals surface area contributed by atoms with Gasteiger partial charge in [0.2, 0.25) is 0 Å². The first-order valence-corrected chi connectivity index (χ1v) is 6.71. The summed E-state index contributed by atoms with van der Waals surface area (Å²) in [5.41, 5.74) is 2.19. The first-order chi connectivity index (χ1) is 8.74. The van der Waals surface area contributed by atoms with Gasteiger partial charge in [-0.25, -0.2) is 4.39 Å². The van der Waals surface area contributed by atoms with Crippen molar-refractivity contribution in [2.24, 2.45) is 0 Å². The van der Waals surface area contributed by atoms with E-state index in [0.29, 0.717) is 11.5 Å². The molecule has 0 spiro atoms. The number of nitrogens with one attached hydrogen (secondary N) is 1. The highest BCUT2D eigenvalue weighted by Crippen LogP contribution is 2.16. The Morgan fingerprint density at radius 1 is 0.944 bits per heavy atom. The highest BCUT2D eigenvalue weighted by atomic mass is 32.2. The number of hydrogen-bond donors (Lipinski definition) is 1. The van der Waals surface area contributed by atoms with Crippen molar-refractivity contribution < 1.29 is 4.39 Å². The highest BCUT2D eigenvalue weighted by Gasteiger charge is 2.01. The molecule has 0 aliphatic carbocycles. The van der Waals surface area contributed by atoms with Crippen molar-refractivity contribution in [2.45, 2.75) is 12.2 Å². The van der Waals surface area contributed by atoms with Crippen LogP contribution in [-0.4, -0.2) is 5.04 Å². The van der Waals surface area contributed by atoms with E-state index in [0.717, 1.165) is 11.3 Å². The van der Waals surface area contributed by atoms with E-state index in [4.69, 9.17) is 5.41 Å². The molecule has 0 unspecified atom stereocenters. The van der Waals surface area contributed by atoms with E-state index in [1.165, 1.54) is 29.5 Å². The first kappa shape index (κ1) is 12.8. The Labute approximate surface area is 111 Å². The van der Waals surface area contributed by atoms with Crippen LogP contribution in [0.5, 0.6) is 0 Å². The maximum atomic E-state index is 12.7. The summed E-state index contributed by atoms with van der Waals surface area (Å²) >= 11 is 1.52. The summed E-state index contributed by atoms with van der Waals surface area (Å²) in [5.74, 6) is 0.572. The van der Waals surface area contributed by atoms with E-state index < -0.39 is 0 Å². The van der Waals surface area contributed by atoms with Gasteiger partial charge in [-0.05, 0) is 23.3 Å². The van der Waals surface area contributed by atoms with E-state index in [2.05, 4.69) is 12.1 Å². The lowest BCUT2D eigenvalue weighted by Crippen LogP contribution is -1.97. The fourth-order valence-electron chi connectivity index (χ4n) is 1.58. The molecule has 3 heteroatoms. The topological polar surface area (TPSA) is 23.9 Å². The lowest BCUT2D eigenvalue weighted by Gasteiger charge is -2.04. The Bertz CT molecular complexity index is 508. The first-order valence-electron chi connectivity index (χ1n) is 5.72.